The van der Waals surface area contributed by atoms with Crippen molar-refractivity contribution in [3.05, 3.63) is 88.4 Å². The van der Waals surface area contributed by atoms with Crippen molar-refractivity contribution in [2.75, 3.05) is 16.2 Å². The summed E-state index contributed by atoms with van der Waals surface area (Å²) in [6, 6.07) is 19.5. The van der Waals surface area contributed by atoms with Gasteiger partial charge in [0.2, 0.25) is 5.91 Å². The topological polar surface area (TPSA) is 66.5 Å². The maximum absolute atomic E-state index is 13.3. The highest BCUT2D eigenvalue weighted by atomic mass is 35.5. The maximum Gasteiger partial charge on any atom is 0.264 e. The van der Waals surface area contributed by atoms with Crippen molar-refractivity contribution in [1.82, 2.24) is 0 Å². The summed E-state index contributed by atoms with van der Waals surface area (Å²) in [7, 11) is -4.00. The molecule has 5 nitrogen and oxygen atoms in total. The summed E-state index contributed by atoms with van der Waals surface area (Å²) < 4.78 is 27.7. The fourth-order valence-electron chi connectivity index (χ4n) is 2.77. The minimum absolute atomic E-state index is 0.0786. The molecule has 3 rings (SSSR count). The molecule has 1 amide bonds. The van der Waals surface area contributed by atoms with Gasteiger partial charge in [-0.25, -0.2) is 8.42 Å². The van der Waals surface area contributed by atoms with Gasteiger partial charge in [0.15, 0.2) is 0 Å². The standard InChI is InChI=1S/C21H18Cl2N2O3S/c1-15-10-11-17(23)13-20(15)25(29(27,28)19-8-3-2-4-9-19)14-21(26)24-18-7-5-6-16(22)12-18/h2-13H,14H2,1H3,(H,24,26). The summed E-state index contributed by atoms with van der Waals surface area (Å²) in [5.41, 5.74) is 1.48. The second-order valence-corrected chi connectivity index (χ2v) is 9.05. The predicted octanol–water partition coefficient (Wildman–Crippen LogP) is 5.14. The highest BCUT2D eigenvalue weighted by molar-refractivity contribution is 7.92. The summed E-state index contributed by atoms with van der Waals surface area (Å²) >= 11 is 12.1. The Labute approximate surface area is 179 Å². The Hall–Kier alpha value is -2.54. The van der Waals surface area contributed by atoms with E-state index >= 15 is 0 Å². The molecule has 0 aromatic heterocycles. The van der Waals surface area contributed by atoms with Crippen LogP contribution in [-0.4, -0.2) is 20.9 Å². The number of nitrogens with one attached hydrogen (secondary N) is 1. The second-order valence-electron chi connectivity index (χ2n) is 6.31. The van der Waals surface area contributed by atoms with Crippen LogP contribution in [0.15, 0.2) is 77.7 Å². The van der Waals surface area contributed by atoms with Crippen molar-refractivity contribution < 1.29 is 13.2 Å². The number of sulfonamides is 1. The summed E-state index contributed by atoms with van der Waals surface area (Å²) in [6.07, 6.45) is 0. The van der Waals surface area contributed by atoms with Crippen LogP contribution in [-0.2, 0) is 14.8 Å². The van der Waals surface area contributed by atoms with E-state index in [2.05, 4.69) is 5.32 Å². The average Bonchev–Trinajstić information content (AvgIpc) is 2.69. The monoisotopic (exact) mass is 448 g/mol. The highest BCUT2D eigenvalue weighted by Crippen LogP contribution is 2.29. The minimum Gasteiger partial charge on any atom is -0.324 e. The zero-order valence-corrected chi connectivity index (χ0v) is 17.8. The Balaban J connectivity index is 1.99. The number of carbonyl (C=O) groups excluding carboxylic acids is 1. The number of halogens is 2. The van der Waals surface area contributed by atoms with Crippen LogP contribution in [0.5, 0.6) is 0 Å². The SMILES string of the molecule is Cc1ccc(Cl)cc1N(CC(=O)Nc1cccc(Cl)c1)S(=O)(=O)c1ccccc1. The normalized spacial score (nSPS) is 11.1. The van der Waals surface area contributed by atoms with E-state index in [-0.39, 0.29) is 4.90 Å². The third-order valence-corrected chi connectivity index (χ3v) is 6.41. The zero-order chi connectivity index (χ0) is 21.0. The van der Waals surface area contributed by atoms with Gasteiger partial charge in [-0.15, -0.1) is 0 Å². The largest absolute Gasteiger partial charge is 0.324 e. The van der Waals surface area contributed by atoms with Crippen LogP contribution >= 0.6 is 23.2 Å². The third kappa shape index (κ3) is 5.09. The number of anilines is 2. The molecule has 8 heteroatoms. The first-order valence-corrected chi connectivity index (χ1v) is 10.9. The Morgan fingerprint density at radius 3 is 2.31 bits per heavy atom. The molecule has 0 aliphatic carbocycles. The van der Waals surface area contributed by atoms with E-state index in [1.165, 1.54) is 18.2 Å². The van der Waals surface area contributed by atoms with Gasteiger partial charge in [0.25, 0.3) is 10.0 Å². The van der Waals surface area contributed by atoms with Crippen LogP contribution in [0.2, 0.25) is 10.0 Å². The fourth-order valence-corrected chi connectivity index (χ4v) is 4.62. The van der Waals surface area contributed by atoms with E-state index in [9.17, 15) is 13.2 Å². The number of nitrogens with zero attached hydrogens (tertiary/aromatic N) is 1. The van der Waals surface area contributed by atoms with Gasteiger partial charge >= 0.3 is 0 Å². The molecule has 3 aromatic carbocycles. The first-order valence-electron chi connectivity index (χ1n) is 8.67. The molecule has 150 valence electrons. The number of hydrogen-bond acceptors (Lipinski definition) is 3. The molecule has 0 atom stereocenters. The quantitative estimate of drug-likeness (QED) is 0.567. The van der Waals surface area contributed by atoms with Gasteiger partial charge in [-0.2, -0.15) is 0 Å². The lowest BCUT2D eigenvalue weighted by molar-refractivity contribution is -0.114. The van der Waals surface area contributed by atoms with Gasteiger partial charge in [0.05, 0.1) is 10.6 Å². The van der Waals surface area contributed by atoms with E-state index in [0.29, 0.717) is 27.0 Å². The average molecular weight is 449 g/mol. The van der Waals surface area contributed by atoms with Gasteiger partial charge in [-0.1, -0.05) is 53.5 Å². The summed E-state index contributed by atoms with van der Waals surface area (Å²) in [6.45, 7) is 1.33. The molecule has 0 radical (unpaired) electrons. The van der Waals surface area contributed by atoms with Crippen molar-refractivity contribution in [3.8, 4) is 0 Å². The number of benzene rings is 3. The van der Waals surface area contributed by atoms with Crippen LogP contribution in [0.1, 0.15) is 5.56 Å². The second kappa shape index (κ2) is 8.86. The molecule has 0 heterocycles. The molecule has 0 aliphatic rings. The Kier molecular flexibility index (Phi) is 6.47. The van der Waals surface area contributed by atoms with E-state index in [0.717, 1.165) is 4.31 Å². The Morgan fingerprint density at radius 2 is 1.62 bits per heavy atom. The molecule has 29 heavy (non-hydrogen) atoms. The van der Waals surface area contributed by atoms with Crippen LogP contribution in [0.4, 0.5) is 11.4 Å². The summed E-state index contributed by atoms with van der Waals surface area (Å²) in [4.78, 5) is 12.8. The molecule has 0 unspecified atom stereocenters. The van der Waals surface area contributed by atoms with Crippen molar-refractivity contribution in [1.29, 1.82) is 0 Å². The third-order valence-electron chi connectivity index (χ3n) is 4.17. The van der Waals surface area contributed by atoms with Crippen LogP contribution in [0.3, 0.4) is 0 Å². The molecule has 0 saturated heterocycles. The molecule has 0 saturated carbocycles. The van der Waals surface area contributed by atoms with Crippen molar-refractivity contribution >= 4 is 50.5 Å². The first kappa shape index (κ1) is 21.2. The molecular formula is C21H18Cl2N2O3S. The van der Waals surface area contributed by atoms with Gasteiger partial charge in [-0.3, -0.25) is 9.10 Å². The van der Waals surface area contributed by atoms with E-state index < -0.39 is 22.5 Å². The maximum atomic E-state index is 13.3. The molecule has 0 bridgehead atoms. The molecule has 0 fully saturated rings. The van der Waals surface area contributed by atoms with E-state index in [4.69, 9.17) is 23.2 Å². The van der Waals surface area contributed by atoms with Gasteiger partial charge in [-0.05, 0) is 55.0 Å². The Bertz CT molecular complexity index is 1140. The van der Waals surface area contributed by atoms with Crippen molar-refractivity contribution in [2.45, 2.75) is 11.8 Å². The van der Waals surface area contributed by atoms with Gasteiger partial charge < -0.3 is 5.32 Å². The lowest BCUT2D eigenvalue weighted by atomic mass is 10.2. The van der Waals surface area contributed by atoms with Crippen LogP contribution < -0.4 is 9.62 Å². The molecule has 3 aromatic rings. The minimum atomic E-state index is -4.00. The first-order chi connectivity index (χ1) is 13.8. The van der Waals surface area contributed by atoms with E-state index in [1.54, 1.807) is 61.5 Å². The fraction of sp³-hybridized carbons (Fsp3) is 0.0952. The van der Waals surface area contributed by atoms with Gasteiger partial charge in [0, 0.05) is 15.7 Å². The lowest BCUT2D eigenvalue weighted by Crippen LogP contribution is -2.38. The smallest absolute Gasteiger partial charge is 0.264 e. The lowest BCUT2D eigenvalue weighted by Gasteiger charge is -2.26. The van der Waals surface area contributed by atoms with Crippen molar-refractivity contribution in [3.63, 3.8) is 0 Å². The highest BCUT2D eigenvalue weighted by Gasteiger charge is 2.28. The predicted molar refractivity (Wildman–Crippen MR) is 117 cm³/mol. The van der Waals surface area contributed by atoms with Crippen LogP contribution in [0.25, 0.3) is 0 Å². The summed E-state index contributed by atoms with van der Waals surface area (Å²) in [5, 5.41) is 3.51. The number of hydrogen-bond donors (Lipinski definition) is 1. The molecule has 0 aliphatic heterocycles. The van der Waals surface area contributed by atoms with Gasteiger partial charge in [0.1, 0.15) is 6.54 Å². The molecular weight excluding hydrogens is 431 g/mol. The molecule has 1 N–H and O–H groups in total. The van der Waals surface area contributed by atoms with Crippen LogP contribution in [0, 0.1) is 6.92 Å². The number of amides is 1. The number of carbonyl (C=O) groups is 1. The number of rotatable bonds is 6. The van der Waals surface area contributed by atoms with Crippen molar-refractivity contribution in [2.24, 2.45) is 0 Å². The Morgan fingerprint density at radius 1 is 0.931 bits per heavy atom. The van der Waals surface area contributed by atoms with E-state index in [1.807, 2.05) is 0 Å². The zero-order valence-electron chi connectivity index (χ0n) is 15.5. The summed E-state index contributed by atoms with van der Waals surface area (Å²) in [5.74, 6) is -0.508. The molecule has 0 spiro atoms. The number of aryl methyl sites for hydroxylation is 1.